The van der Waals surface area contributed by atoms with Crippen molar-refractivity contribution >= 4 is 11.5 Å². The van der Waals surface area contributed by atoms with Gasteiger partial charge in [-0.25, -0.2) is 0 Å². The molecule has 0 atom stereocenters. The van der Waals surface area contributed by atoms with Crippen LogP contribution in [0.2, 0.25) is 0 Å². The first-order valence-electron chi connectivity index (χ1n) is 10.4. The molecule has 0 unspecified atom stereocenters. The van der Waals surface area contributed by atoms with Crippen molar-refractivity contribution < 1.29 is 4.79 Å². The number of allylic oxidation sites excluding steroid dienone is 1. The first-order chi connectivity index (χ1) is 12.6. The van der Waals surface area contributed by atoms with E-state index in [1.807, 2.05) is 14.1 Å². The molecule has 2 fully saturated rings. The van der Waals surface area contributed by atoms with Crippen LogP contribution in [0.4, 0.5) is 0 Å². The number of nitrogens with zero attached hydrogens (tertiary/aromatic N) is 2. The van der Waals surface area contributed by atoms with Gasteiger partial charge in [0.05, 0.1) is 0 Å². The van der Waals surface area contributed by atoms with Crippen LogP contribution in [0.1, 0.15) is 62.5 Å². The largest absolute Gasteiger partial charge is 0.345 e. The molecular formula is C23H32N2O. The zero-order chi connectivity index (χ0) is 18.1. The monoisotopic (exact) mass is 352 g/mol. The Bertz CT molecular complexity index is 690. The minimum atomic E-state index is 0.0683. The zero-order valence-corrected chi connectivity index (χ0v) is 16.3. The second kappa shape index (κ2) is 7.19. The summed E-state index contributed by atoms with van der Waals surface area (Å²) in [6, 6.07) is 9.38. The molecule has 0 N–H and O–H groups in total. The molecule has 3 nitrogen and oxygen atoms in total. The summed E-state index contributed by atoms with van der Waals surface area (Å²) in [4.78, 5) is 17.2. The van der Waals surface area contributed by atoms with E-state index in [-0.39, 0.29) is 11.3 Å². The van der Waals surface area contributed by atoms with Crippen molar-refractivity contribution in [3.63, 3.8) is 0 Å². The van der Waals surface area contributed by atoms with Crippen LogP contribution in [0.5, 0.6) is 0 Å². The minimum Gasteiger partial charge on any atom is -0.345 e. The number of hydrogen-bond donors (Lipinski definition) is 0. The Morgan fingerprint density at radius 1 is 1.04 bits per heavy atom. The zero-order valence-electron chi connectivity index (χ0n) is 16.3. The van der Waals surface area contributed by atoms with E-state index in [9.17, 15) is 4.79 Å². The van der Waals surface area contributed by atoms with Crippen molar-refractivity contribution in [3.8, 4) is 0 Å². The van der Waals surface area contributed by atoms with Gasteiger partial charge in [0.15, 0.2) is 0 Å². The van der Waals surface area contributed by atoms with Crippen molar-refractivity contribution in [3.05, 3.63) is 41.5 Å². The number of likely N-dealkylation sites (tertiary alicyclic amines) is 1. The van der Waals surface area contributed by atoms with Crippen molar-refractivity contribution in [2.24, 2.45) is 0 Å². The lowest BCUT2D eigenvalue weighted by Crippen LogP contribution is -2.45. The predicted octanol–water partition coefficient (Wildman–Crippen LogP) is 4.23. The van der Waals surface area contributed by atoms with Gasteiger partial charge in [0.25, 0.3) is 5.91 Å². The fourth-order valence-electron chi connectivity index (χ4n) is 5.33. The standard InChI is InChI=1S/C23H32N2O/c1-24(2)22(26)20-17-23(21-12-8-7-11-19(20)21)13-15-25(16-14-23)18-9-5-3-4-6-10-18/h7-8,11-12,17-18H,3-6,9-10,13-16H2,1-2H3. The number of fused-ring (bicyclic) bond motifs is 2. The first-order valence-corrected chi connectivity index (χ1v) is 10.4. The second-order valence-electron chi connectivity index (χ2n) is 8.64. The molecule has 0 aromatic heterocycles. The fourth-order valence-corrected chi connectivity index (χ4v) is 5.33. The molecule has 3 heteroatoms. The van der Waals surface area contributed by atoms with Gasteiger partial charge in [-0.3, -0.25) is 4.79 Å². The highest BCUT2D eigenvalue weighted by molar-refractivity contribution is 6.21. The van der Waals surface area contributed by atoms with E-state index in [0.29, 0.717) is 0 Å². The van der Waals surface area contributed by atoms with Crippen molar-refractivity contribution in [2.75, 3.05) is 27.2 Å². The number of carbonyl (C=O) groups excluding carboxylic acids is 1. The maximum atomic E-state index is 12.7. The number of likely N-dealkylation sites (N-methyl/N-ethyl adjacent to an activating group) is 1. The van der Waals surface area contributed by atoms with E-state index in [1.54, 1.807) is 4.90 Å². The number of benzene rings is 1. The number of rotatable bonds is 2. The Hall–Kier alpha value is -1.61. The molecule has 1 saturated carbocycles. The lowest BCUT2D eigenvalue weighted by Gasteiger charge is -2.42. The number of hydrogen-bond acceptors (Lipinski definition) is 2. The summed E-state index contributed by atoms with van der Waals surface area (Å²) in [5.74, 6) is 0.139. The van der Waals surface area contributed by atoms with Crippen LogP contribution in [-0.4, -0.2) is 48.9 Å². The summed E-state index contributed by atoms with van der Waals surface area (Å²) in [6.45, 7) is 2.33. The van der Waals surface area contributed by atoms with Crippen LogP contribution in [-0.2, 0) is 10.2 Å². The molecule has 1 heterocycles. The maximum Gasteiger partial charge on any atom is 0.253 e. The van der Waals surface area contributed by atoms with Crippen LogP contribution in [0.3, 0.4) is 0 Å². The normalized spacial score (nSPS) is 23.4. The van der Waals surface area contributed by atoms with E-state index in [1.165, 1.54) is 57.2 Å². The molecule has 2 aliphatic carbocycles. The molecule has 1 amide bonds. The van der Waals surface area contributed by atoms with E-state index < -0.39 is 0 Å². The maximum absolute atomic E-state index is 12.7. The molecule has 4 rings (SSSR count). The molecule has 140 valence electrons. The Balaban J connectivity index is 1.56. The van der Waals surface area contributed by atoms with E-state index in [0.717, 1.165) is 30.0 Å². The van der Waals surface area contributed by atoms with Crippen molar-refractivity contribution in [2.45, 2.75) is 62.8 Å². The summed E-state index contributed by atoms with van der Waals surface area (Å²) in [6.07, 6.45) is 13.0. The van der Waals surface area contributed by atoms with Gasteiger partial charge in [0, 0.05) is 31.1 Å². The van der Waals surface area contributed by atoms with Gasteiger partial charge >= 0.3 is 0 Å². The van der Waals surface area contributed by atoms with Gasteiger partial charge < -0.3 is 9.80 Å². The van der Waals surface area contributed by atoms with E-state index >= 15 is 0 Å². The van der Waals surface area contributed by atoms with Gasteiger partial charge in [-0.1, -0.05) is 56.0 Å². The molecule has 3 aliphatic rings. The van der Waals surface area contributed by atoms with Crippen LogP contribution in [0, 0.1) is 0 Å². The average molecular weight is 353 g/mol. The third kappa shape index (κ3) is 3.11. The SMILES string of the molecule is CN(C)C(=O)C1=CC2(CCN(C3CCCCCC3)CC2)c2ccccc21. The molecule has 1 spiro atoms. The number of piperidine rings is 1. The topological polar surface area (TPSA) is 23.6 Å². The van der Waals surface area contributed by atoms with Crippen LogP contribution in [0.15, 0.2) is 30.3 Å². The summed E-state index contributed by atoms with van der Waals surface area (Å²) < 4.78 is 0. The predicted molar refractivity (Wildman–Crippen MR) is 107 cm³/mol. The Morgan fingerprint density at radius 2 is 1.69 bits per heavy atom. The Morgan fingerprint density at radius 3 is 2.35 bits per heavy atom. The van der Waals surface area contributed by atoms with Crippen molar-refractivity contribution in [1.29, 1.82) is 0 Å². The number of amides is 1. The van der Waals surface area contributed by atoms with Crippen molar-refractivity contribution in [1.82, 2.24) is 9.80 Å². The molecule has 0 radical (unpaired) electrons. The number of carbonyl (C=O) groups is 1. The van der Waals surface area contributed by atoms with E-state index in [2.05, 4.69) is 35.2 Å². The lowest BCUT2D eigenvalue weighted by atomic mass is 9.74. The molecule has 0 bridgehead atoms. The molecular weight excluding hydrogens is 320 g/mol. The van der Waals surface area contributed by atoms with Gasteiger partial charge in [0.2, 0.25) is 0 Å². The quantitative estimate of drug-likeness (QED) is 0.744. The average Bonchev–Trinajstić information content (AvgIpc) is 2.81. The molecule has 26 heavy (non-hydrogen) atoms. The molecule has 1 saturated heterocycles. The van der Waals surface area contributed by atoms with Crippen LogP contribution >= 0.6 is 0 Å². The van der Waals surface area contributed by atoms with Gasteiger partial charge in [-0.05, 0) is 49.9 Å². The minimum absolute atomic E-state index is 0.0683. The third-order valence-electron chi connectivity index (χ3n) is 6.84. The lowest BCUT2D eigenvalue weighted by molar-refractivity contribution is -0.122. The second-order valence-corrected chi connectivity index (χ2v) is 8.64. The molecule has 1 aromatic carbocycles. The summed E-state index contributed by atoms with van der Waals surface area (Å²) in [5, 5.41) is 0. The highest BCUT2D eigenvalue weighted by Crippen LogP contribution is 2.47. The third-order valence-corrected chi connectivity index (χ3v) is 6.84. The highest BCUT2D eigenvalue weighted by Gasteiger charge is 2.43. The molecule has 1 aromatic rings. The van der Waals surface area contributed by atoms with Gasteiger partial charge in [-0.2, -0.15) is 0 Å². The molecule has 1 aliphatic heterocycles. The van der Waals surface area contributed by atoms with Crippen LogP contribution < -0.4 is 0 Å². The van der Waals surface area contributed by atoms with Crippen LogP contribution in [0.25, 0.3) is 5.57 Å². The smallest absolute Gasteiger partial charge is 0.253 e. The van der Waals surface area contributed by atoms with Gasteiger partial charge in [-0.15, -0.1) is 0 Å². The summed E-state index contributed by atoms with van der Waals surface area (Å²) >= 11 is 0. The fraction of sp³-hybridized carbons (Fsp3) is 0.609. The summed E-state index contributed by atoms with van der Waals surface area (Å²) in [5.41, 5.74) is 3.52. The van der Waals surface area contributed by atoms with E-state index in [4.69, 9.17) is 0 Å². The summed E-state index contributed by atoms with van der Waals surface area (Å²) in [7, 11) is 3.71. The Labute approximate surface area is 158 Å². The Kier molecular flexibility index (Phi) is 4.92. The first kappa shape index (κ1) is 17.8. The van der Waals surface area contributed by atoms with Gasteiger partial charge in [0.1, 0.15) is 0 Å². The highest BCUT2D eigenvalue weighted by atomic mass is 16.2.